The average Bonchev–Trinajstić information content (AvgIpc) is 2.88. The third-order valence-electron chi connectivity index (χ3n) is 3.93. The van der Waals surface area contributed by atoms with Crippen molar-refractivity contribution in [2.75, 3.05) is 13.2 Å². The number of aliphatic hydroxyl groups is 1. The van der Waals surface area contributed by atoms with Gasteiger partial charge in [-0.1, -0.05) is 12.1 Å². The predicted molar refractivity (Wildman–Crippen MR) is 92.0 cm³/mol. The summed E-state index contributed by atoms with van der Waals surface area (Å²) in [5.41, 5.74) is 3.23. The number of amides is 1. The van der Waals surface area contributed by atoms with Crippen molar-refractivity contribution in [1.82, 2.24) is 15.1 Å². The third kappa shape index (κ3) is 5.38. The SMILES string of the molecule is Cc1cccc(OCC(O)CNC(=O)CCc2cnn(C)c2C)c1. The predicted octanol–water partition coefficient (Wildman–Crippen LogP) is 1.53. The fraction of sp³-hybridized carbons (Fsp3) is 0.444. The maximum atomic E-state index is 11.9. The smallest absolute Gasteiger partial charge is 0.220 e. The molecule has 0 radical (unpaired) electrons. The van der Waals surface area contributed by atoms with Crippen LogP contribution in [-0.2, 0) is 18.3 Å². The zero-order chi connectivity index (χ0) is 17.5. The second-order valence-corrected chi connectivity index (χ2v) is 5.96. The van der Waals surface area contributed by atoms with E-state index in [0.717, 1.165) is 16.8 Å². The summed E-state index contributed by atoms with van der Waals surface area (Å²) in [6.07, 6.45) is 2.06. The van der Waals surface area contributed by atoms with Crippen molar-refractivity contribution in [1.29, 1.82) is 0 Å². The highest BCUT2D eigenvalue weighted by molar-refractivity contribution is 5.76. The van der Waals surface area contributed by atoms with Crippen molar-refractivity contribution < 1.29 is 14.6 Å². The van der Waals surface area contributed by atoms with Gasteiger partial charge in [0.2, 0.25) is 5.91 Å². The van der Waals surface area contributed by atoms with Gasteiger partial charge in [0.05, 0.1) is 6.20 Å². The monoisotopic (exact) mass is 331 g/mol. The number of hydrogen-bond donors (Lipinski definition) is 2. The number of aliphatic hydroxyl groups excluding tert-OH is 1. The topological polar surface area (TPSA) is 76.4 Å². The number of nitrogens with zero attached hydrogens (tertiary/aromatic N) is 2. The van der Waals surface area contributed by atoms with Crippen LogP contribution in [0.1, 0.15) is 23.2 Å². The van der Waals surface area contributed by atoms with Crippen LogP contribution in [0.5, 0.6) is 5.75 Å². The first-order valence-electron chi connectivity index (χ1n) is 8.07. The van der Waals surface area contributed by atoms with Gasteiger partial charge in [-0.05, 0) is 43.5 Å². The first kappa shape index (κ1) is 18.0. The molecule has 1 amide bonds. The number of rotatable bonds is 8. The van der Waals surface area contributed by atoms with Gasteiger partial charge in [0, 0.05) is 25.7 Å². The summed E-state index contributed by atoms with van der Waals surface area (Å²) in [5.74, 6) is 0.625. The van der Waals surface area contributed by atoms with E-state index < -0.39 is 6.10 Å². The highest BCUT2D eigenvalue weighted by Gasteiger charge is 2.10. The fourth-order valence-corrected chi connectivity index (χ4v) is 2.31. The zero-order valence-corrected chi connectivity index (χ0v) is 14.5. The van der Waals surface area contributed by atoms with E-state index in [-0.39, 0.29) is 19.1 Å². The van der Waals surface area contributed by atoms with Gasteiger partial charge in [0.1, 0.15) is 18.5 Å². The van der Waals surface area contributed by atoms with Crippen LogP contribution in [0.3, 0.4) is 0 Å². The number of benzene rings is 1. The number of aryl methyl sites for hydroxylation is 3. The molecule has 1 atom stereocenters. The van der Waals surface area contributed by atoms with Gasteiger partial charge >= 0.3 is 0 Å². The molecule has 130 valence electrons. The summed E-state index contributed by atoms with van der Waals surface area (Å²) in [5, 5.41) is 16.8. The lowest BCUT2D eigenvalue weighted by Gasteiger charge is -2.13. The quantitative estimate of drug-likeness (QED) is 0.769. The Kier molecular flexibility index (Phi) is 6.37. The molecule has 1 unspecified atom stereocenters. The molecule has 24 heavy (non-hydrogen) atoms. The van der Waals surface area contributed by atoms with E-state index in [4.69, 9.17) is 4.74 Å². The molecule has 2 rings (SSSR count). The van der Waals surface area contributed by atoms with Crippen molar-refractivity contribution in [2.24, 2.45) is 7.05 Å². The van der Waals surface area contributed by atoms with Gasteiger partial charge in [0.25, 0.3) is 0 Å². The van der Waals surface area contributed by atoms with Crippen LogP contribution in [-0.4, -0.2) is 40.0 Å². The Morgan fingerprint density at radius 2 is 2.21 bits per heavy atom. The van der Waals surface area contributed by atoms with Gasteiger partial charge in [-0.3, -0.25) is 9.48 Å². The molecule has 0 bridgehead atoms. The lowest BCUT2D eigenvalue weighted by Crippen LogP contribution is -2.35. The molecule has 1 aromatic carbocycles. The summed E-state index contributed by atoms with van der Waals surface area (Å²) < 4.78 is 7.31. The molecule has 6 heteroatoms. The molecule has 0 aliphatic rings. The van der Waals surface area contributed by atoms with E-state index in [2.05, 4.69) is 10.4 Å². The Balaban J connectivity index is 1.66. The van der Waals surface area contributed by atoms with Gasteiger partial charge < -0.3 is 15.2 Å². The molecule has 1 aromatic heterocycles. The number of carbonyl (C=O) groups is 1. The maximum absolute atomic E-state index is 11.9. The maximum Gasteiger partial charge on any atom is 0.220 e. The Morgan fingerprint density at radius 3 is 2.88 bits per heavy atom. The highest BCUT2D eigenvalue weighted by atomic mass is 16.5. The van der Waals surface area contributed by atoms with Gasteiger partial charge in [-0.2, -0.15) is 5.10 Å². The average molecular weight is 331 g/mol. The lowest BCUT2D eigenvalue weighted by atomic mass is 10.1. The van der Waals surface area contributed by atoms with E-state index in [1.807, 2.05) is 45.2 Å². The number of nitrogens with one attached hydrogen (secondary N) is 1. The number of carbonyl (C=O) groups excluding carboxylic acids is 1. The van der Waals surface area contributed by atoms with Gasteiger partial charge in [-0.25, -0.2) is 0 Å². The minimum absolute atomic E-state index is 0.0899. The van der Waals surface area contributed by atoms with Gasteiger partial charge in [-0.15, -0.1) is 0 Å². The Morgan fingerprint density at radius 1 is 1.42 bits per heavy atom. The minimum Gasteiger partial charge on any atom is -0.491 e. The first-order valence-corrected chi connectivity index (χ1v) is 8.07. The van der Waals surface area contributed by atoms with Gasteiger partial charge in [0.15, 0.2) is 0 Å². The van der Waals surface area contributed by atoms with E-state index in [1.165, 1.54) is 0 Å². The molecule has 0 saturated carbocycles. The molecule has 6 nitrogen and oxygen atoms in total. The van der Waals surface area contributed by atoms with Crippen molar-refractivity contribution in [2.45, 2.75) is 32.8 Å². The van der Waals surface area contributed by atoms with E-state index in [1.54, 1.807) is 10.9 Å². The van der Waals surface area contributed by atoms with E-state index in [9.17, 15) is 9.90 Å². The van der Waals surface area contributed by atoms with Crippen molar-refractivity contribution in [3.8, 4) is 5.75 Å². The molecule has 0 aliphatic heterocycles. The van der Waals surface area contributed by atoms with E-state index >= 15 is 0 Å². The minimum atomic E-state index is -0.741. The molecule has 0 saturated heterocycles. The molecule has 0 fully saturated rings. The number of ether oxygens (including phenoxy) is 1. The normalized spacial score (nSPS) is 12.0. The van der Waals surface area contributed by atoms with Crippen LogP contribution in [0.4, 0.5) is 0 Å². The summed E-state index contributed by atoms with van der Waals surface area (Å²) >= 11 is 0. The van der Waals surface area contributed by atoms with Crippen molar-refractivity contribution >= 4 is 5.91 Å². The summed E-state index contributed by atoms with van der Waals surface area (Å²) in [7, 11) is 1.88. The van der Waals surface area contributed by atoms with Crippen LogP contribution in [0.15, 0.2) is 30.5 Å². The molecule has 0 spiro atoms. The molecule has 1 heterocycles. The van der Waals surface area contributed by atoms with Crippen LogP contribution < -0.4 is 10.1 Å². The number of aromatic nitrogens is 2. The van der Waals surface area contributed by atoms with Crippen molar-refractivity contribution in [3.05, 3.63) is 47.3 Å². The van der Waals surface area contributed by atoms with Crippen LogP contribution in [0.25, 0.3) is 0 Å². The van der Waals surface area contributed by atoms with Crippen LogP contribution >= 0.6 is 0 Å². The van der Waals surface area contributed by atoms with E-state index in [0.29, 0.717) is 18.6 Å². The van der Waals surface area contributed by atoms with Crippen molar-refractivity contribution in [3.63, 3.8) is 0 Å². The fourth-order valence-electron chi connectivity index (χ4n) is 2.31. The lowest BCUT2D eigenvalue weighted by molar-refractivity contribution is -0.121. The standard InChI is InChI=1S/C18H25N3O3/c1-13-5-4-6-17(9-13)24-12-16(22)11-19-18(23)8-7-15-10-20-21(3)14(15)2/h4-6,9-10,16,22H,7-8,11-12H2,1-3H3,(H,19,23). The first-order chi connectivity index (χ1) is 11.5. The molecule has 2 aromatic rings. The zero-order valence-electron chi connectivity index (χ0n) is 14.5. The third-order valence-corrected chi connectivity index (χ3v) is 3.93. The Bertz CT molecular complexity index is 682. The van der Waals surface area contributed by atoms with Crippen LogP contribution in [0, 0.1) is 13.8 Å². The number of hydrogen-bond acceptors (Lipinski definition) is 4. The highest BCUT2D eigenvalue weighted by Crippen LogP contribution is 2.12. The summed E-state index contributed by atoms with van der Waals surface area (Å²) in [4.78, 5) is 11.9. The molecule has 2 N–H and O–H groups in total. The Labute approximate surface area is 142 Å². The molecular weight excluding hydrogens is 306 g/mol. The molecule has 0 aliphatic carbocycles. The van der Waals surface area contributed by atoms with Crippen LogP contribution in [0.2, 0.25) is 0 Å². The second kappa shape index (κ2) is 8.49. The Hall–Kier alpha value is -2.34. The largest absolute Gasteiger partial charge is 0.491 e. The summed E-state index contributed by atoms with van der Waals surface area (Å²) in [6, 6.07) is 7.63. The summed E-state index contributed by atoms with van der Waals surface area (Å²) in [6.45, 7) is 4.28. The second-order valence-electron chi connectivity index (χ2n) is 5.96. The molecular formula is C18H25N3O3.